The fourth-order valence-electron chi connectivity index (χ4n) is 0.956. The molecule has 0 aliphatic heterocycles. The highest BCUT2D eigenvalue weighted by Crippen LogP contribution is 2.39. The summed E-state index contributed by atoms with van der Waals surface area (Å²) in [5, 5.41) is 1.23. The minimum Gasteiger partial charge on any atom is -0.465 e. The number of rotatable bonds is 4. The Kier molecular flexibility index (Phi) is 5.43. The van der Waals surface area contributed by atoms with Gasteiger partial charge < -0.3 is 10.1 Å². The van der Waals surface area contributed by atoms with Gasteiger partial charge in [0.25, 0.3) is 0 Å². The van der Waals surface area contributed by atoms with Crippen LogP contribution < -0.4 is 5.32 Å². The summed E-state index contributed by atoms with van der Waals surface area (Å²) in [6.45, 7) is 0.208. The molecule has 0 saturated heterocycles. The maximum atomic E-state index is 12.0. The van der Waals surface area contributed by atoms with Crippen molar-refractivity contribution in [2.75, 3.05) is 13.2 Å². The van der Waals surface area contributed by atoms with Crippen molar-refractivity contribution in [3.63, 3.8) is 0 Å². The van der Waals surface area contributed by atoms with E-state index in [0.717, 1.165) is 0 Å². The molecule has 1 N–H and O–H groups in total. The van der Waals surface area contributed by atoms with E-state index >= 15 is 0 Å². The molecule has 0 aliphatic carbocycles. The minimum atomic E-state index is -5.78. The third kappa shape index (κ3) is 5.23. The van der Waals surface area contributed by atoms with Crippen LogP contribution in [-0.2, 0) is 14.3 Å². The molecule has 18 heavy (non-hydrogen) atoms. The Bertz CT molecular complexity index is 297. The van der Waals surface area contributed by atoms with Gasteiger partial charge in [0.15, 0.2) is 0 Å². The van der Waals surface area contributed by atoms with Gasteiger partial charge >= 0.3 is 18.3 Å². The molecule has 0 saturated carbocycles. The van der Waals surface area contributed by atoms with Crippen LogP contribution in [0.25, 0.3) is 0 Å². The summed E-state index contributed by atoms with van der Waals surface area (Å²) in [7, 11) is 0. The Labute approximate surface area is 97.3 Å². The molecule has 0 aromatic rings. The first-order valence-corrected chi connectivity index (χ1v) is 4.57. The van der Waals surface area contributed by atoms with Crippen molar-refractivity contribution in [2.24, 2.45) is 5.92 Å². The molecule has 0 spiro atoms. The van der Waals surface area contributed by atoms with Crippen LogP contribution in [0.3, 0.4) is 0 Å². The van der Waals surface area contributed by atoms with Gasteiger partial charge in [-0.15, -0.1) is 0 Å². The normalized spacial score (nSPS) is 12.4. The second-order valence-electron chi connectivity index (χ2n) is 3.04. The number of esters is 1. The summed E-state index contributed by atoms with van der Waals surface area (Å²) in [5.41, 5.74) is 0. The average molecular weight is 281 g/mol. The zero-order chi connectivity index (χ0) is 14.6. The summed E-state index contributed by atoms with van der Waals surface area (Å²) in [4.78, 5) is 21.5. The van der Waals surface area contributed by atoms with Crippen molar-refractivity contribution >= 4 is 11.9 Å². The molecular weight excluding hydrogens is 272 g/mol. The van der Waals surface area contributed by atoms with E-state index in [1.807, 2.05) is 0 Å². The fourth-order valence-corrected chi connectivity index (χ4v) is 0.956. The Morgan fingerprint density at radius 1 is 1.11 bits per heavy atom. The van der Waals surface area contributed by atoms with Crippen LogP contribution in [-0.4, -0.2) is 37.4 Å². The van der Waals surface area contributed by atoms with Gasteiger partial charge in [0.2, 0.25) is 11.8 Å². The molecule has 0 rings (SSSR count). The monoisotopic (exact) mass is 281 g/mol. The number of carbonyl (C=O) groups is 2. The lowest BCUT2D eigenvalue weighted by atomic mass is 10.1. The van der Waals surface area contributed by atoms with Gasteiger partial charge in [-0.3, -0.25) is 9.59 Å². The number of carbonyl (C=O) groups excluding carboxylic acids is 2. The molecule has 0 bridgehead atoms. The Balaban J connectivity index is 4.66. The van der Waals surface area contributed by atoms with E-state index in [2.05, 4.69) is 4.74 Å². The lowest BCUT2D eigenvalue weighted by molar-refractivity contribution is -0.274. The van der Waals surface area contributed by atoms with Crippen LogP contribution in [0, 0.1) is 5.92 Å². The Morgan fingerprint density at radius 3 is 1.89 bits per heavy atom. The van der Waals surface area contributed by atoms with Crippen LogP contribution in [0.5, 0.6) is 0 Å². The van der Waals surface area contributed by atoms with E-state index in [1.54, 1.807) is 0 Å². The van der Waals surface area contributed by atoms with Gasteiger partial charge in [0, 0.05) is 0 Å². The van der Waals surface area contributed by atoms with E-state index in [-0.39, 0.29) is 6.61 Å². The predicted octanol–water partition coefficient (Wildman–Crippen LogP) is 1.41. The minimum absolute atomic E-state index is 0.114. The average Bonchev–Trinajstić information content (AvgIpc) is 2.10. The highest BCUT2D eigenvalue weighted by Gasteiger charge is 2.61. The van der Waals surface area contributed by atoms with E-state index in [1.165, 1.54) is 12.2 Å². The predicted molar refractivity (Wildman–Crippen MR) is 45.2 cm³/mol. The topological polar surface area (TPSA) is 55.4 Å². The van der Waals surface area contributed by atoms with Gasteiger partial charge in [0.05, 0.1) is 6.61 Å². The lowest BCUT2D eigenvalue weighted by Gasteiger charge is -2.21. The van der Waals surface area contributed by atoms with Crippen molar-refractivity contribution in [1.82, 2.24) is 5.32 Å². The van der Waals surface area contributed by atoms with Crippen LogP contribution in [0.4, 0.5) is 26.3 Å². The highest BCUT2D eigenvalue weighted by molar-refractivity contribution is 5.84. The summed E-state index contributed by atoms with van der Waals surface area (Å²) in [5.74, 6) is -7.64. The summed E-state index contributed by atoms with van der Waals surface area (Å²) in [6.07, 6.45) is -11.6. The third-order valence-electron chi connectivity index (χ3n) is 1.63. The van der Waals surface area contributed by atoms with Crippen LogP contribution in [0.2, 0.25) is 0 Å². The second kappa shape index (κ2) is 5.91. The van der Waals surface area contributed by atoms with Crippen molar-refractivity contribution in [3.05, 3.63) is 0 Å². The molecule has 106 valence electrons. The first-order valence-electron chi connectivity index (χ1n) is 4.57. The number of hydrogen-bond acceptors (Lipinski definition) is 3. The van der Waals surface area contributed by atoms with Crippen molar-refractivity contribution < 1.29 is 40.7 Å². The van der Waals surface area contributed by atoms with E-state index in [4.69, 9.17) is 0 Å². The quantitative estimate of drug-likeness (QED) is 0.626. The number of amides is 1. The maximum Gasteiger partial charge on any atom is 0.409 e. The number of halogens is 6. The van der Waals surface area contributed by atoms with Crippen molar-refractivity contribution in [1.29, 1.82) is 0 Å². The van der Waals surface area contributed by atoms with Gasteiger partial charge in [-0.25, -0.2) is 0 Å². The molecular formula is C8H9F6NO3. The molecule has 0 unspecified atom stereocenters. The van der Waals surface area contributed by atoms with Crippen LogP contribution >= 0.6 is 0 Å². The summed E-state index contributed by atoms with van der Waals surface area (Å²) in [6, 6.07) is 0. The summed E-state index contributed by atoms with van der Waals surface area (Å²) < 4.78 is 76.5. The third-order valence-corrected chi connectivity index (χ3v) is 1.63. The van der Waals surface area contributed by atoms with Gasteiger partial charge in [-0.1, -0.05) is 0 Å². The standard InChI is InChI=1S/C8H9F6NO3/c1-2-18-4(16)3-15-6(17)5(7(9,10)11)8(12,13)14/h5H,2-3H2,1H3,(H,15,17). The molecule has 0 aromatic heterocycles. The molecule has 4 nitrogen and oxygen atoms in total. The molecule has 0 atom stereocenters. The summed E-state index contributed by atoms with van der Waals surface area (Å²) >= 11 is 0. The van der Waals surface area contributed by atoms with Crippen LogP contribution in [0.1, 0.15) is 6.92 Å². The maximum absolute atomic E-state index is 12.0. The number of ether oxygens (including phenoxy) is 1. The molecule has 0 heterocycles. The van der Waals surface area contributed by atoms with Crippen molar-refractivity contribution in [2.45, 2.75) is 19.3 Å². The van der Waals surface area contributed by atoms with Crippen LogP contribution in [0.15, 0.2) is 0 Å². The van der Waals surface area contributed by atoms with Crippen molar-refractivity contribution in [3.8, 4) is 0 Å². The largest absolute Gasteiger partial charge is 0.465 e. The first-order chi connectivity index (χ1) is 8.00. The number of alkyl halides is 6. The smallest absolute Gasteiger partial charge is 0.409 e. The molecule has 0 aliphatic rings. The fraction of sp³-hybridized carbons (Fsp3) is 0.750. The number of hydrogen-bond donors (Lipinski definition) is 1. The Hall–Kier alpha value is -1.48. The lowest BCUT2D eigenvalue weighted by Crippen LogP contribution is -2.49. The Morgan fingerprint density at radius 2 is 1.56 bits per heavy atom. The first kappa shape index (κ1) is 16.5. The van der Waals surface area contributed by atoms with Gasteiger partial charge in [0.1, 0.15) is 6.54 Å². The molecule has 0 radical (unpaired) electrons. The SMILES string of the molecule is CCOC(=O)CNC(=O)C(C(F)(F)F)C(F)(F)F. The van der Waals surface area contributed by atoms with E-state index in [0.29, 0.717) is 0 Å². The molecule has 10 heteroatoms. The highest BCUT2D eigenvalue weighted by atomic mass is 19.4. The van der Waals surface area contributed by atoms with Gasteiger partial charge in [-0.2, -0.15) is 26.3 Å². The molecule has 0 aromatic carbocycles. The molecule has 1 amide bonds. The number of nitrogens with one attached hydrogen (secondary N) is 1. The zero-order valence-electron chi connectivity index (χ0n) is 8.98. The molecule has 0 fully saturated rings. The van der Waals surface area contributed by atoms with E-state index < -0.39 is 36.7 Å². The second-order valence-corrected chi connectivity index (χ2v) is 3.04. The van der Waals surface area contributed by atoms with Gasteiger partial charge in [-0.05, 0) is 6.92 Å². The van der Waals surface area contributed by atoms with E-state index in [9.17, 15) is 35.9 Å². The zero-order valence-corrected chi connectivity index (χ0v) is 8.98.